The van der Waals surface area contributed by atoms with Crippen LogP contribution in [0.3, 0.4) is 0 Å². The first kappa shape index (κ1) is 15.7. The summed E-state index contributed by atoms with van der Waals surface area (Å²) < 4.78 is 18.4. The minimum absolute atomic E-state index is 0.561. The largest absolute Gasteiger partial charge is 0.486 e. The second-order valence-corrected chi connectivity index (χ2v) is 6.12. The molecule has 0 saturated carbocycles. The van der Waals surface area contributed by atoms with Gasteiger partial charge in [-0.25, -0.2) is 9.67 Å². The van der Waals surface area contributed by atoms with Crippen LogP contribution < -0.4 is 9.47 Å². The zero-order valence-corrected chi connectivity index (χ0v) is 14.6. The van der Waals surface area contributed by atoms with Gasteiger partial charge in [0.1, 0.15) is 30.6 Å². The number of ether oxygens (including phenoxy) is 2. The van der Waals surface area contributed by atoms with E-state index in [-0.39, 0.29) is 0 Å². The van der Waals surface area contributed by atoms with Gasteiger partial charge in [0, 0.05) is 18.1 Å². The first-order valence-corrected chi connectivity index (χ1v) is 8.36. The fourth-order valence-electron chi connectivity index (χ4n) is 3.09. The molecule has 0 radical (unpaired) electrons. The summed E-state index contributed by atoms with van der Waals surface area (Å²) in [7, 11) is 0. The summed E-state index contributed by atoms with van der Waals surface area (Å²) in [5.74, 6) is 4.01. The van der Waals surface area contributed by atoms with Crippen molar-refractivity contribution >= 4 is 0 Å². The molecule has 0 bridgehead atoms. The molecule has 7 heteroatoms. The maximum Gasteiger partial charge on any atom is 0.163 e. The molecule has 2 aromatic heterocycles. The highest BCUT2D eigenvalue weighted by Crippen LogP contribution is 2.32. The Labute approximate surface area is 145 Å². The van der Waals surface area contributed by atoms with Gasteiger partial charge in [-0.1, -0.05) is 5.16 Å². The summed E-state index contributed by atoms with van der Waals surface area (Å²) in [6, 6.07) is 5.84. The zero-order valence-electron chi connectivity index (χ0n) is 14.6. The molecule has 1 aromatic carbocycles. The lowest BCUT2D eigenvalue weighted by Gasteiger charge is -2.19. The molecule has 0 amide bonds. The Hall–Kier alpha value is -2.83. The van der Waals surface area contributed by atoms with Crippen molar-refractivity contribution in [3.05, 3.63) is 46.9 Å². The number of benzene rings is 1. The first-order chi connectivity index (χ1) is 12.1. The highest BCUT2D eigenvalue weighted by Gasteiger charge is 2.17. The summed E-state index contributed by atoms with van der Waals surface area (Å²) in [5.41, 5.74) is 2.98. The van der Waals surface area contributed by atoms with Gasteiger partial charge in [-0.15, -0.1) is 0 Å². The second-order valence-electron chi connectivity index (χ2n) is 6.12. The average Bonchev–Trinajstić information content (AvgIpc) is 3.15. The lowest BCUT2D eigenvalue weighted by atomic mass is 10.1. The lowest BCUT2D eigenvalue weighted by molar-refractivity contribution is 0.171. The van der Waals surface area contributed by atoms with E-state index in [1.807, 2.05) is 43.7 Å². The molecule has 1 aliphatic heterocycles. The number of fused-ring (bicyclic) bond motifs is 1. The third-order valence-electron chi connectivity index (χ3n) is 4.33. The van der Waals surface area contributed by atoms with E-state index in [1.165, 1.54) is 0 Å². The number of hydrogen-bond donors (Lipinski definition) is 0. The molecule has 0 unspecified atom stereocenters. The van der Waals surface area contributed by atoms with Gasteiger partial charge in [0.15, 0.2) is 11.5 Å². The maximum absolute atomic E-state index is 5.68. The van der Waals surface area contributed by atoms with Crippen molar-refractivity contribution in [3.8, 4) is 17.2 Å². The number of aromatic nitrogens is 4. The van der Waals surface area contributed by atoms with Crippen LogP contribution in [-0.4, -0.2) is 33.1 Å². The molecular formula is C18H20N4O3. The molecule has 4 rings (SSSR count). The van der Waals surface area contributed by atoms with Crippen LogP contribution in [0.25, 0.3) is 5.69 Å². The predicted octanol–water partition coefficient (Wildman–Crippen LogP) is 2.74. The first-order valence-electron chi connectivity index (χ1n) is 8.36. The Morgan fingerprint density at radius 3 is 2.60 bits per heavy atom. The maximum atomic E-state index is 5.68. The van der Waals surface area contributed by atoms with Crippen LogP contribution in [-0.2, 0) is 12.8 Å². The monoisotopic (exact) mass is 340 g/mol. The van der Waals surface area contributed by atoms with E-state index < -0.39 is 0 Å². The van der Waals surface area contributed by atoms with E-state index >= 15 is 0 Å². The van der Waals surface area contributed by atoms with Gasteiger partial charge in [-0.3, -0.25) is 0 Å². The molecule has 25 heavy (non-hydrogen) atoms. The van der Waals surface area contributed by atoms with Crippen molar-refractivity contribution in [1.82, 2.24) is 19.9 Å². The van der Waals surface area contributed by atoms with Crippen molar-refractivity contribution in [3.63, 3.8) is 0 Å². The van der Waals surface area contributed by atoms with Gasteiger partial charge in [0.05, 0.1) is 11.4 Å². The molecule has 0 fully saturated rings. The van der Waals surface area contributed by atoms with Crippen LogP contribution in [0, 0.1) is 20.8 Å². The molecular weight excluding hydrogens is 320 g/mol. The molecule has 0 N–H and O–H groups in total. The van der Waals surface area contributed by atoms with Crippen molar-refractivity contribution in [1.29, 1.82) is 0 Å². The van der Waals surface area contributed by atoms with Crippen molar-refractivity contribution < 1.29 is 14.0 Å². The fourth-order valence-corrected chi connectivity index (χ4v) is 3.09. The number of hydrogen-bond acceptors (Lipinski definition) is 6. The van der Waals surface area contributed by atoms with Crippen LogP contribution in [0.4, 0.5) is 0 Å². The number of rotatable bonds is 4. The van der Waals surface area contributed by atoms with Crippen LogP contribution in [0.1, 0.15) is 28.7 Å². The molecule has 3 heterocycles. The topological polar surface area (TPSA) is 75.2 Å². The molecule has 0 aliphatic carbocycles. The van der Waals surface area contributed by atoms with E-state index in [9.17, 15) is 0 Å². The van der Waals surface area contributed by atoms with E-state index in [0.29, 0.717) is 13.2 Å². The van der Waals surface area contributed by atoms with Gasteiger partial charge < -0.3 is 14.0 Å². The molecule has 1 aliphatic rings. The average molecular weight is 340 g/mol. The molecule has 7 nitrogen and oxygen atoms in total. The van der Waals surface area contributed by atoms with Gasteiger partial charge in [0.2, 0.25) is 0 Å². The Morgan fingerprint density at radius 2 is 1.84 bits per heavy atom. The molecule has 0 saturated heterocycles. The van der Waals surface area contributed by atoms with Gasteiger partial charge in [0.25, 0.3) is 0 Å². The molecule has 3 aromatic rings. The van der Waals surface area contributed by atoms with Gasteiger partial charge in [-0.05, 0) is 39.3 Å². The lowest BCUT2D eigenvalue weighted by Crippen LogP contribution is -2.15. The smallest absolute Gasteiger partial charge is 0.163 e. The van der Waals surface area contributed by atoms with E-state index in [1.54, 1.807) is 0 Å². The van der Waals surface area contributed by atoms with Crippen molar-refractivity contribution in [2.75, 3.05) is 13.2 Å². The van der Waals surface area contributed by atoms with Crippen LogP contribution in [0.5, 0.6) is 11.5 Å². The minimum Gasteiger partial charge on any atom is -0.486 e. The van der Waals surface area contributed by atoms with Crippen LogP contribution >= 0.6 is 0 Å². The zero-order chi connectivity index (χ0) is 17.4. The molecule has 0 atom stereocenters. The fraction of sp³-hybridized carbons (Fsp3) is 0.389. The normalized spacial score (nSPS) is 13.2. The van der Waals surface area contributed by atoms with Gasteiger partial charge in [-0.2, -0.15) is 5.10 Å². The Bertz CT molecular complexity index is 894. The predicted molar refractivity (Wildman–Crippen MR) is 90.5 cm³/mol. The summed E-state index contributed by atoms with van der Waals surface area (Å²) >= 11 is 0. The van der Waals surface area contributed by atoms with Crippen molar-refractivity contribution in [2.24, 2.45) is 0 Å². The van der Waals surface area contributed by atoms with Crippen LogP contribution in [0.15, 0.2) is 22.7 Å². The van der Waals surface area contributed by atoms with E-state index in [0.717, 1.165) is 58.7 Å². The summed E-state index contributed by atoms with van der Waals surface area (Å²) in [6.45, 7) is 6.94. The van der Waals surface area contributed by atoms with Crippen molar-refractivity contribution in [2.45, 2.75) is 33.6 Å². The number of aryl methyl sites for hydroxylation is 4. The Balaban J connectivity index is 1.63. The molecule has 0 spiro atoms. The minimum atomic E-state index is 0.561. The Morgan fingerprint density at radius 1 is 1.04 bits per heavy atom. The van der Waals surface area contributed by atoms with E-state index in [4.69, 9.17) is 14.0 Å². The quantitative estimate of drug-likeness (QED) is 0.727. The summed E-state index contributed by atoms with van der Waals surface area (Å²) in [5, 5.41) is 8.56. The number of nitrogens with zero attached hydrogens (tertiary/aromatic N) is 4. The second kappa shape index (κ2) is 6.23. The standard InChI is InChI=1S/C18H20N4O3/c1-11-15(12(2)25-21-11)5-7-18-19-13(3)20-22(18)14-4-6-16-17(10-14)24-9-8-23-16/h4,6,10H,5,7-9H2,1-3H3. The SMILES string of the molecule is Cc1nc(CCc2c(C)noc2C)n(-c2ccc3c(c2)OCCO3)n1. The third-order valence-corrected chi connectivity index (χ3v) is 4.33. The highest BCUT2D eigenvalue weighted by molar-refractivity contribution is 5.49. The molecule has 130 valence electrons. The Kier molecular flexibility index (Phi) is 3.91. The van der Waals surface area contributed by atoms with Crippen LogP contribution in [0.2, 0.25) is 0 Å². The summed E-state index contributed by atoms with van der Waals surface area (Å²) in [6.07, 6.45) is 1.56. The summed E-state index contributed by atoms with van der Waals surface area (Å²) in [4.78, 5) is 4.59. The van der Waals surface area contributed by atoms with Gasteiger partial charge >= 0.3 is 0 Å². The van der Waals surface area contributed by atoms with E-state index in [2.05, 4.69) is 15.2 Å². The highest BCUT2D eigenvalue weighted by atomic mass is 16.6. The third kappa shape index (κ3) is 2.97.